The van der Waals surface area contributed by atoms with Gasteiger partial charge in [-0.2, -0.15) is 0 Å². The summed E-state index contributed by atoms with van der Waals surface area (Å²) in [7, 11) is 0. The molecule has 25 heavy (non-hydrogen) atoms. The number of hydrogen-bond acceptors (Lipinski definition) is 7. The molecule has 0 N–H and O–H groups in total. The predicted molar refractivity (Wildman–Crippen MR) is 99.7 cm³/mol. The Kier molecular flexibility index (Phi) is 5.14. The molecule has 3 aromatic rings. The summed E-state index contributed by atoms with van der Waals surface area (Å²) in [6.07, 6.45) is 2.24. The van der Waals surface area contributed by atoms with Crippen LogP contribution < -0.4 is 0 Å². The minimum Gasteiger partial charge on any atom is -0.332 e. The maximum absolute atomic E-state index is 12.8. The number of aromatic nitrogens is 4. The number of carbonyl (C=O) groups excluding carboxylic acids is 1. The summed E-state index contributed by atoms with van der Waals surface area (Å²) in [6, 6.07) is 8.60. The van der Waals surface area contributed by atoms with Gasteiger partial charge in [0.1, 0.15) is 0 Å². The van der Waals surface area contributed by atoms with E-state index in [1.807, 2.05) is 32.5 Å². The molecule has 1 aliphatic carbocycles. The van der Waals surface area contributed by atoms with Crippen LogP contribution in [0.2, 0.25) is 0 Å². The van der Waals surface area contributed by atoms with Crippen LogP contribution in [0.25, 0.3) is 0 Å². The molecule has 0 spiro atoms. The van der Waals surface area contributed by atoms with Crippen molar-refractivity contribution in [1.29, 1.82) is 0 Å². The molecule has 0 aliphatic heterocycles. The number of tetrazole rings is 1. The van der Waals surface area contributed by atoms with Crippen LogP contribution in [-0.4, -0.2) is 36.8 Å². The van der Waals surface area contributed by atoms with E-state index in [2.05, 4.69) is 27.7 Å². The molecule has 3 heterocycles. The van der Waals surface area contributed by atoms with Crippen molar-refractivity contribution in [3.8, 4) is 0 Å². The second-order valence-electron chi connectivity index (χ2n) is 5.83. The van der Waals surface area contributed by atoms with Crippen LogP contribution in [0.1, 0.15) is 28.6 Å². The Balaban J connectivity index is 1.42. The number of thioether (sulfide) groups is 1. The fraction of sp³-hybridized carbons (Fsp3) is 0.375. The Bertz CT molecular complexity index is 775. The van der Waals surface area contributed by atoms with Crippen LogP contribution in [0.4, 0.5) is 0 Å². The van der Waals surface area contributed by atoms with Gasteiger partial charge in [0.15, 0.2) is 0 Å². The second kappa shape index (κ2) is 7.67. The smallest absolute Gasteiger partial charge is 0.233 e. The lowest BCUT2D eigenvalue weighted by molar-refractivity contribution is -0.129. The SMILES string of the molecule is O=C(CSc1nnnn1C1CC1)N(Cc1cccs1)Cc1cccs1. The van der Waals surface area contributed by atoms with Gasteiger partial charge < -0.3 is 4.90 Å². The normalized spacial score (nSPS) is 13.9. The van der Waals surface area contributed by atoms with Crippen LogP contribution >= 0.6 is 34.4 Å². The summed E-state index contributed by atoms with van der Waals surface area (Å²) in [4.78, 5) is 17.1. The van der Waals surface area contributed by atoms with Gasteiger partial charge in [0.25, 0.3) is 0 Å². The first kappa shape index (κ1) is 16.7. The summed E-state index contributed by atoms with van der Waals surface area (Å²) >= 11 is 4.78. The van der Waals surface area contributed by atoms with Crippen molar-refractivity contribution in [3.05, 3.63) is 44.8 Å². The molecule has 130 valence electrons. The quantitative estimate of drug-likeness (QED) is 0.550. The molecule has 3 aromatic heterocycles. The van der Waals surface area contributed by atoms with E-state index in [1.54, 1.807) is 22.7 Å². The van der Waals surface area contributed by atoms with Gasteiger partial charge >= 0.3 is 0 Å². The molecule has 4 rings (SSSR count). The number of carbonyl (C=O) groups is 1. The van der Waals surface area contributed by atoms with Crippen molar-refractivity contribution >= 4 is 40.3 Å². The number of amides is 1. The van der Waals surface area contributed by atoms with E-state index < -0.39 is 0 Å². The van der Waals surface area contributed by atoms with Crippen molar-refractivity contribution in [2.24, 2.45) is 0 Å². The van der Waals surface area contributed by atoms with E-state index in [0.29, 0.717) is 24.9 Å². The standard InChI is InChI=1S/C16H17N5OS3/c22-15(11-25-16-17-18-19-21(16)12-5-6-12)20(9-13-3-1-7-23-13)10-14-4-2-8-24-14/h1-4,7-8,12H,5-6,9-11H2. The molecule has 0 bridgehead atoms. The topological polar surface area (TPSA) is 63.9 Å². The Hall–Kier alpha value is -1.71. The maximum atomic E-state index is 12.8. The van der Waals surface area contributed by atoms with Crippen molar-refractivity contribution < 1.29 is 4.79 Å². The molecular formula is C16H17N5OS3. The molecule has 1 amide bonds. The van der Waals surface area contributed by atoms with E-state index in [4.69, 9.17) is 0 Å². The molecular weight excluding hydrogens is 374 g/mol. The Morgan fingerprint density at radius 3 is 2.44 bits per heavy atom. The van der Waals surface area contributed by atoms with Crippen molar-refractivity contribution in [2.75, 3.05) is 5.75 Å². The van der Waals surface area contributed by atoms with E-state index >= 15 is 0 Å². The van der Waals surface area contributed by atoms with Gasteiger partial charge in [0.2, 0.25) is 11.1 Å². The highest BCUT2D eigenvalue weighted by atomic mass is 32.2. The zero-order valence-corrected chi connectivity index (χ0v) is 15.9. The van der Waals surface area contributed by atoms with Crippen molar-refractivity contribution in [2.45, 2.75) is 37.1 Å². The second-order valence-corrected chi connectivity index (χ2v) is 8.84. The lowest BCUT2D eigenvalue weighted by Crippen LogP contribution is -2.31. The van der Waals surface area contributed by atoms with Gasteiger partial charge in [0.05, 0.1) is 24.9 Å². The van der Waals surface area contributed by atoms with E-state index in [1.165, 1.54) is 21.5 Å². The Morgan fingerprint density at radius 2 is 1.88 bits per heavy atom. The lowest BCUT2D eigenvalue weighted by atomic mass is 10.3. The van der Waals surface area contributed by atoms with Crippen LogP contribution in [0.3, 0.4) is 0 Å². The minimum absolute atomic E-state index is 0.108. The molecule has 0 aromatic carbocycles. The lowest BCUT2D eigenvalue weighted by Gasteiger charge is -2.21. The zero-order chi connectivity index (χ0) is 17.1. The average molecular weight is 392 g/mol. The summed E-state index contributed by atoms with van der Waals surface area (Å²) in [5.41, 5.74) is 0. The van der Waals surface area contributed by atoms with Gasteiger partial charge in [-0.15, -0.1) is 27.8 Å². The van der Waals surface area contributed by atoms with E-state index in [-0.39, 0.29) is 5.91 Å². The van der Waals surface area contributed by atoms with E-state index in [0.717, 1.165) is 18.0 Å². The van der Waals surface area contributed by atoms with Crippen molar-refractivity contribution in [1.82, 2.24) is 25.1 Å². The van der Waals surface area contributed by atoms with Crippen LogP contribution in [0.15, 0.2) is 40.2 Å². The van der Waals surface area contributed by atoms with Gasteiger partial charge in [-0.25, -0.2) is 4.68 Å². The molecule has 1 fully saturated rings. The van der Waals surface area contributed by atoms with Gasteiger partial charge in [-0.1, -0.05) is 23.9 Å². The molecule has 0 saturated heterocycles. The maximum Gasteiger partial charge on any atom is 0.233 e. The highest BCUT2D eigenvalue weighted by Crippen LogP contribution is 2.36. The largest absolute Gasteiger partial charge is 0.332 e. The Morgan fingerprint density at radius 1 is 1.20 bits per heavy atom. The van der Waals surface area contributed by atoms with Crippen LogP contribution in [0, 0.1) is 0 Å². The molecule has 6 nitrogen and oxygen atoms in total. The molecule has 9 heteroatoms. The third-order valence-electron chi connectivity index (χ3n) is 3.89. The third kappa shape index (κ3) is 4.28. The first-order valence-electron chi connectivity index (χ1n) is 8.03. The number of rotatable bonds is 8. The van der Waals surface area contributed by atoms with Crippen molar-refractivity contribution in [3.63, 3.8) is 0 Å². The van der Waals surface area contributed by atoms with Gasteiger partial charge in [0, 0.05) is 9.75 Å². The molecule has 0 atom stereocenters. The highest BCUT2D eigenvalue weighted by Gasteiger charge is 2.28. The summed E-state index contributed by atoms with van der Waals surface area (Å²) in [5, 5.41) is 16.7. The van der Waals surface area contributed by atoms with E-state index in [9.17, 15) is 4.79 Å². The number of hydrogen-bond donors (Lipinski definition) is 0. The fourth-order valence-corrected chi connectivity index (χ4v) is 4.75. The van der Waals surface area contributed by atoms with Crippen LogP contribution in [0.5, 0.6) is 0 Å². The molecule has 0 radical (unpaired) electrons. The monoisotopic (exact) mass is 391 g/mol. The molecule has 1 saturated carbocycles. The molecule has 1 aliphatic rings. The van der Waals surface area contributed by atoms with Crippen LogP contribution in [-0.2, 0) is 17.9 Å². The summed E-state index contributed by atoms with van der Waals surface area (Å²) < 4.78 is 1.85. The summed E-state index contributed by atoms with van der Waals surface area (Å²) in [6.45, 7) is 1.28. The average Bonchev–Trinajstić information content (AvgIpc) is 3.04. The fourth-order valence-electron chi connectivity index (χ4n) is 2.46. The van der Waals surface area contributed by atoms with Gasteiger partial charge in [-0.3, -0.25) is 4.79 Å². The molecule has 0 unspecified atom stereocenters. The number of thiophene rings is 2. The Labute approximate surface area is 157 Å². The van der Waals surface area contributed by atoms with Gasteiger partial charge in [-0.05, 0) is 46.2 Å². The predicted octanol–water partition coefficient (Wildman–Crippen LogP) is 3.45. The third-order valence-corrected chi connectivity index (χ3v) is 6.53. The number of nitrogens with zero attached hydrogens (tertiary/aromatic N) is 5. The first-order chi connectivity index (χ1) is 12.3. The zero-order valence-electron chi connectivity index (χ0n) is 13.4. The highest BCUT2D eigenvalue weighted by molar-refractivity contribution is 7.99. The summed E-state index contributed by atoms with van der Waals surface area (Å²) in [5.74, 6) is 0.460. The minimum atomic E-state index is 0.108. The first-order valence-corrected chi connectivity index (χ1v) is 10.8.